The second-order valence-corrected chi connectivity index (χ2v) is 16.0. The molecule has 2 bridgehead atoms. The number of aliphatic hydroxyl groups is 1. The molecule has 22 nitrogen and oxygen atoms in total. The van der Waals surface area contributed by atoms with Crippen molar-refractivity contribution in [2.75, 3.05) is 31.5 Å². The van der Waals surface area contributed by atoms with Crippen LogP contribution in [0.25, 0.3) is 22.3 Å². The first-order chi connectivity index (χ1) is 24.6. The molecule has 4 aromatic heterocycles. The van der Waals surface area contributed by atoms with Crippen LogP contribution >= 0.6 is 15.6 Å². The van der Waals surface area contributed by atoms with Gasteiger partial charge in [-0.05, 0) is 26.8 Å². The Hall–Kier alpha value is -3.73. The number of esters is 1. The molecule has 0 aromatic carbocycles. The number of nitrogen functional groups attached to an aromatic ring is 2. The fourth-order valence-corrected chi connectivity index (χ4v) is 7.88. The van der Waals surface area contributed by atoms with Gasteiger partial charge in [0.25, 0.3) is 0 Å². The van der Waals surface area contributed by atoms with Crippen molar-refractivity contribution in [3.8, 4) is 0 Å². The highest BCUT2D eigenvalue weighted by Gasteiger charge is 2.55. The second-order valence-electron chi connectivity index (χ2n) is 12.9. The lowest BCUT2D eigenvalue weighted by molar-refractivity contribution is -0.161. The summed E-state index contributed by atoms with van der Waals surface area (Å²) in [6.45, 7) is 2.07. The zero-order chi connectivity index (χ0) is 37.2. The molecule has 0 spiro atoms. The van der Waals surface area contributed by atoms with Crippen molar-refractivity contribution in [2.45, 2.75) is 69.9 Å². The zero-order valence-corrected chi connectivity index (χ0v) is 29.4. The Bertz CT molecular complexity index is 2080. The van der Waals surface area contributed by atoms with Crippen LogP contribution in [0, 0.1) is 5.41 Å². The molecule has 0 amide bonds. The fourth-order valence-electron chi connectivity index (χ4n) is 5.69. The molecule has 52 heavy (non-hydrogen) atoms. The first-order valence-corrected chi connectivity index (χ1v) is 18.5. The maximum absolute atomic E-state index is 16.3. The number of aromatic nitrogens is 7. The summed E-state index contributed by atoms with van der Waals surface area (Å²) in [7, 11) is -10.2. The number of carbonyl (C=O) groups is 1. The number of pyridine rings is 1. The molecule has 3 aliphatic heterocycles. The topological polar surface area (TPSA) is 292 Å². The van der Waals surface area contributed by atoms with Gasteiger partial charge in [-0.15, -0.1) is 0 Å². The molecule has 0 radical (unpaired) electrons. The minimum Gasteiger partial charge on any atom is -0.437 e. The number of carbonyl (C=O) groups excluding carboxylic acids is 1. The fraction of sp³-hybridized carbons (Fsp3) is 0.556. The number of halogens is 1. The molecule has 3 saturated heterocycles. The molecule has 3 fully saturated rings. The number of phosphoric acid groups is 2. The maximum Gasteiger partial charge on any atom is 0.478 e. The van der Waals surface area contributed by atoms with Gasteiger partial charge in [-0.2, -0.15) is 0 Å². The number of fused-ring (bicyclic) bond motifs is 5. The molecular formula is C27H34FN9O13P2. The third kappa shape index (κ3) is 6.90. The predicted molar refractivity (Wildman–Crippen MR) is 171 cm³/mol. The quantitative estimate of drug-likeness (QED) is 0.127. The van der Waals surface area contributed by atoms with Crippen LogP contribution in [0.5, 0.6) is 0 Å². The lowest BCUT2D eigenvalue weighted by Crippen LogP contribution is -2.36. The van der Waals surface area contributed by atoms with E-state index in [9.17, 15) is 23.9 Å². The smallest absolute Gasteiger partial charge is 0.437 e. The molecule has 0 aliphatic carbocycles. The van der Waals surface area contributed by atoms with Gasteiger partial charge in [-0.3, -0.25) is 32.0 Å². The van der Waals surface area contributed by atoms with Crippen LogP contribution in [0.1, 0.15) is 33.2 Å². The summed E-state index contributed by atoms with van der Waals surface area (Å²) in [6.07, 6.45) is -8.64. The number of alkyl halides is 1. The van der Waals surface area contributed by atoms with E-state index in [0.717, 1.165) is 6.33 Å². The summed E-state index contributed by atoms with van der Waals surface area (Å²) in [5.41, 5.74) is 11.8. The van der Waals surface area contributed by atoms with E-state index in [-0.39, 0.29) is 33.8 Å². The molecule has 0 saturated carbocycles. The normalized spacial score (nSPS) is 34.4. The molecule has 4 unspecified atom stereocenters. The largest absolute Gasteiger partial charge is 0.478 e. The Labute approximate surface area is 292 Å². The van der Waals surface area contributed by atoms with Crippen LogP contribution in [0.4, 0.5) is 15.9 Å². The van der Waals surface area contributed by atoms with Crippen molar-refractivity contribution in [1.82, 2.24) is 34.1 Å². The lowest BCUT2D eigenvalue weighted by Gasteiger charge is -2.27. The van der Waals surface area contributed by atoms with Crippen LogP contribution in [0.3, 0.4) is 0 Å². The van der Waals surface area contributed by atoms with Gasteiger partial charge in [0.15, 0.2) is 35.7 Å². The van der Waals surface area contributed by atoms with E-state index < -0.39 is 96.2 Å². The van der Waals surface area contributed by atoms with Crippen LogP contribution in [0.15, 0.2) is 31.2 Å². The molecule has 10 atom stereocenters. The van der Waals surface area contributed by atoms with Gasteiger partial charge < -0.3 is 35.7 Å². The van der Waals surface area contributed by atoms with Gasteiger partial charge in [-0.1, -0.05) is 0 Å². The van der Waals surface area contributed by atoms with Crippen molar-refractivity contribution < 1.29 is 65.1 Å². The van der Waals surface area contributed by atoms with E-state index in [4.69, 9.17) is 48.3 Å². The number of ether oxygens (including phenoxy) is 3. The number of anilines is 2. The first kappa shape index (κ1) is 36.6. The Kier molecular flexibility index (Phi) is 9.58. The zero-order valence-electron chi connectivity index (χ0n) is 27.6. The summed E-state index contributed by atoms with van der Waals surface area (Å²) in [4.78, 5) is 43.8. The van der Waals surface area contributed by atoms with Crippen molar-refractivity contribution in [3.05, 3.63) is 31.2 Å². The second kappa shape index (κ2) is 13.6. The van der Waals surface area contributed by atoms with Gasteiger partial charge >= 0.3 is 21.6 Å². The van der Waals surface area contributed by atoms with E-state index in [2.05, 4.69) is 24.9 Å². The molecule has 7 rings (SSSR count). The summed E-state index contributed by atoms with van der Waals surface area (Å²) in [6, 6.07) is 1.49. The maximum atomic E-state index is 16.3. The Morgan fingerprint density at radius 1 is 0.962 bits per heavy atom. The van der Waals surface area contributed by atoms with Crippen LogP contribution in [-0.4, -0.2) is 107 Å². The van der Waals surface area contributed by atoms with Gasteiger partial charge in [0.05, 0.1) is 37.0 Å². The highest BCUT2D eigenvalue weighted by atomic mass is 31.2. The molecule has 282 valence electrons. The molecule has 3 aliphatic rings. The van der Waals surface area contributed by atoms with Crippen molar-refractivity contribution in [2.24, 2.45) is 5.41 Å². The highest BCUT2D eigenvalue weighted by molar-refractivity contribution is 7.48. The summed E-state index contributed by atoms with van der Waals surface area (Å²) < 4.78 is 90.7. The van der Waals surface area contributed by atoms with Gasteiger partial charge in [0, 0.05) is 6.20 Å². The number of rotatable bonds is 5. The number of hydrogen-bond acceptors (Lipinski definition) is 19. The Morgan fingerprint density at radius 2 is 1.63 bits per heavy atom. The molecular weight excluding hydrogens is 739 g/mol. The van der Waals surface area contributed by atoms with Gasteiger partial charge in [-0.25, -0.2) is 43.0 Å². The minimum absolute atomic E-state index is 0.0108. The third-order valence-corrected chi connectivity index (χ3v) is 10.7. The third-order valence-electron chi connectivity index (χ3n) is 8.32. The molecule has 25 heteroatoms. The summed E-state index contributed by atoms with van der Waals surface area (Å²) in [5, 5.41) is 11.4. The molecule has 4 aromatic rings. The lowest BCUT2D eigenvalue weighted by atomic mass is 9.98. The Balaban J connectivity index is 1.23. The van der Waals surface area contributed by atoms with Gasteiger partial charge in [0.2, 0.25) is 6.79 Å². The van der Waals surface area contributed by atoms with E-state index in [1.165, 1.54) is 34.1 Å². The standard InChI is InChI=1S/C27H34FN9O13P2/c1-27(2,3)26(39)43-11-46-52(42)45-7-14-19(15(28)24(48-14)36-9-34-16-12(29)4-5-31-22(16)36)49-51(40,41)44-6-13-18(38)20(50-52)25(47-13)37-10-35-17-21(30)32-8-33-23(17)37/h4-5,8-10,13-15,18-20,24-25,38H,6-7,11H2,1-3H3,(H2,29,31)(H,40,41)(H2,30,32,33)/t13-,14-,15+,18+,19?,20?,24-,25-,52?/m1/s1. The SMILES string of the molecule is CC(C)(C)C(=O)OCOP1(=O)OC[C@H]2O[C@@H](n3cnc4c(N)ccnc43)[C@@H](F)C2OP(=O)(O)OC[C@H]2O[C@@H](n3cnc4c(N)ncnc43)C(O1)[C@H]2O. The monoisotopic (exact) mass is 773 g/mol. The number of phosphoric ester groups is 2. The number of nitrogens with zero attached hydrogens (tertiary/aromatic N) is 7. The number of aliphatic hydroxyl groups excluding tert-OH is 1. The van der Waals surface area contributed by atoms with E-state index >= 15 is 4.39 Å². The van der Waals surface area contributed by atoms with E-state index in [0.29, 0.717) is 0 Å². The van der Waals surface area contributed by atoms with E-state index in [1.54, 1.807) is 20.8 Å². The van der Waals surface area contributed by atoms with Crippen molar-refractivity contribution in [1.29, 1.82) is 0 Å². The average molecular weight is 774 g/mol. The minimum atomic E-state index is -5.16. The predicted octanol–water partition coefficient (Wildman–Crippen LogP) is 1.52. The highest BCUT2D eigenvalue weighted by Crippen LogP contribution is 2.56. The van der Waals surface area contributed by atoms with Gasteiger partial charge in [0.1, 0.15) is 47.9 Å². The van der Waals surface area contributed by atoms with Crippen LogP contribution < -0.4 is 11.5 Å². The first-order valence-electron chi connectivity index (χ1n) is 15.6. The van der Waals surface area contributed by atoms with Crippen molar-refractivity contribution >= 4 is 55.4 Å². The number of hydrogen-bond donors (Lipinski definition) is 4. The number of imidazole rings is 2. The molecule has 6 N–H and O–H groups in total. The Morgan fingerprint density at radius 3 is 2.38 bits per heavy atom. The van der Waals surface area contributed by atoms with Crippen LogP contribution in [-0.2, 0) is 50.8 Å². The number of nitrogens with two attached hydrogens (primary N) is 2. The summed E-state index contributed by atoms with van der Waals surface area (Å²) >= 11 is 0. The molecule has 7 heterocycles. The van der Waals surface area contributed by atoms with Crippen molar-refractivity contribution in [3.63, 3.8) is 0 Å². The average Bonchev–Trinajstić information content (AvgIpc) is 3.84. The van der Waals surface area contributed by atoms with E-state index in [1.807, 2.05) is 0 Å². The van der Waals surface area contributed by atoms with Crippen LogP contribution in [0.2, 0.25) is 0 Å². The summed E-state index contributed by atoms with van der Waals surface area (Å²) in [5.74, 6) is -0.723.